The molecule has 0 radical (unpaired) electrons. The van der Waals surface area contributed by atoms with Gasteiger partial charge in [0.2, 0.25) is 0 Å². The second kappa shape index (κ2) is 4.41. The predicted octanol–water partition coefficient (Wildman–Crippen LogP) is 2.24. The van der Waals surface area contributed by atoms with Crippen LogP contribution < -0.4 is 10.6 Å². The van der Waals surface area contributed by atoms with E-state index >= 15 is 0 Å². The first-order chi connectivity index (χ1) is 8.65. The van der Waals surface area contributed by atoms with Crippen LogP contribution in [-0.2, 0) is 0 Å². The van der Waals surface area contributed by atoms with Gasteiger partial charge in [0.25, 0.3) is 0 Å². The van der Waals surface area contributed by atoms with Crippen molar-refractivity contribution < 1.29 is 0 Å². The van der Waals surface area contributed by atoms with Crippen LogP contribution in [0.25, 0.3) is 0 Å². The number of aromatic nitrogens is 2. The summed E-state index contributed by atoms with van der Waals surface area (Å²) in [6.07, 6.45) is 7.34. The molecule has 2 aliphatic rings. The van der Waals surface area contributed by atoms with E-state index < -0.39 is 0 Å². The van der Waals surface area contributed by atoms with Crippen LogP contribution in [-0.4, -0.2) is 23.6 Å². The zero-order valence-electron chi connectivity index (χ0n) is 11.3. The van der Waals surface area contributed by atoms with Gasteiger partial charge in [-0.1, -0.05) is 6.42 Å². The Morgan fingerprint density at radius 3 is 2.83 bits per heavy atom. The van der Waals surface area contributed by atoms with E-state index in [2.05, 4.69) is 21.9 Å². The maximum Gasteiger partial charge on any atom is 0.136 e. The van der Waals surface area contributed by atoms with E-state index in [-0.39, 0.29) is 0 Å². The maximum atomic E-state index is 5.85. The van der Waals surface area contributed by atoms with Gasteiger partial charge in [-0.2, -0.15) is 0 Å². The lowest BCUT2D eigenvalue weighted by Gasteiger charge is -2.28. The number of fused-ring (bicyclic) bond motifs is 2. The number of rotatable bonds is 3. The molecule has 0 aromatic carbocycles. The molecule has 3 rings (SSSR count). The highest BCUT2D eigenvalue weighted by molar-refractivity contribution is 5.55. The molecule has 4 nitrogen and oxygen atoms in total. The molecule has 1 aromatic rings. The lowest BCUT2D eigenvalue weighted by atomic mass is 9.88. The summed E-state index contributed by atoms with van der Waals surface area (Å²) in [5.74, 6) is 4.40. The minimum Gasteiger partial charge on any atom is -0.383 e. The van der Waals surface area contributed by atoms with Gasteiger partial charge in [-0.05, 0) is 43.9 Å². The van der Waals surface area contributed by atoms with E-state index in [0.717, 1.165) is 35.7 Å². The first-order valence-electron chi connectivity index (χ1n) is 6.93. The van der Waals surface area contributed by atoms with Gasteiger partial charge < -0.3 is 10.6 Å². The SMILES string of the molecule is Cc1c(N)ncnc1N(C)CC1CC2CCC1C2. The first-order valence-corrected chi connectivity index (χ1v) is 6.93. The Morgan fingerprint density at radius 2 is 2.17 bits per heavy atom. The van der Waals surface area contributed by atoms with Gasteiger partial charge in [-0.15, -0.1) is 0 Å². The van der Waals surface area contributed by atoms with Crippen LogP contribution in [0, 0.1) is 24.7 Å². The van der Waals surface area contributed by atoms with E-state index in [1.807, 2.05) is 6.92 Å². The highest BCUT2D eigenvalue weighted by Crippen LogP contribution is 2.48. The molecule has 0 aliphatic heterocycles. The number of nitrogen functional groups attached to an aromatic ring is 1. The van der Waals surface area contributed by atoms with E-state index in [4.69, 9.17) is 5.73 Å². The molecule has 1 aromatic heterocycles. The smallest absolute Gasteiger partial charge is 0.136 e. The second-order valence-corrected chi connectivity index (χ2v) is 6.02. The number of nitrogens with zero attached hydrogens (tertiary/aromatic N) is 3. The monoisotopic (exact) mass is 246 g/mol. The Kier molecular flexibility index (Phi) is 2.88. The Morgan fingerprint density at radius 1 is 1.33 bits per heavy atom. The fraction of sp³-hybridized carbons (Fsp3) is 0.714. The van der Waals surface area contributed by atoms with E-state index in [0.29, 0.717) is 5.82 Å². The number of hydrogen-bond donors (Lipinski definition) is 1. The normalized spacial score (nSPS) is 29.8. The average Bonchev–Trinajstić information content (AvgIpc) is 2.94. The molecule has 0 amide bonds. The van der Waals surface area contributed by atoms with Gasteiger partial charge in [0.15, 0.2) is 0 Å². The summed E-state index contributed by atoms with van der Waals surface area (Å²) in [6, 6.07) is 0. The zero-order valence-corrected chi connectivity index (χ0v) is 11.3. The quantitative estimate of drug-likeness (QED) is 0.888. The van der Waals surface area contributed by atoms with Crippen LogP contribution in [0.3, 0.4) is 0 Å². The third kappa shape index (κ3) is 1.93. The largest absolute Gasteiger partial charge is 0.383 e. The van der Waals surface area contributed by atoms with Crippen molar-refractivity contribution in [3.8, 4) is 0 Å². The molecule has 3 unspecified atom stereocenters. The summed E-state index contributed by atoms with van der Waals surface area (Å²) in [5, 5.41) is 0. The molecule has 2 N–H and O–H groups in total. The molecule has 0 spiro atoms. The summed E-state index contributed by atoms with van der Waals surface area (Å²) < 4.78 is 0. The van der Waals surface area contributed by atoms with Crippen LogP contribution in [0.15, 0.2) is 6.33 Å². The third-order valence-electron chi connectivity index (χ3n) is 4.85. The molecule has 18 heavy (non-hydrogen) atoms. The number of nitrogens with two attached hydrogens (primary N) is 1. The highest BCUT2D eigenvalue weighted by atomic mass is 15.2. The van der Waals surface area contributed by atoms with Crippen molar-refractivity contribution in [1.29, 1.82) is 0 Å². The molecular weight excluding hydrogens is 224 g/mol. The standard InChI is InChI=1S/C14H22N4/c1-9-13(15)16-8-17-14(9)18(2)7-12-6-10-3-4-11(12)5-10/h8,10-12H,3-7H2,1-2H3,(H2,15,16,17). The predicted molar refractivity (Wildman–Crippen MR) is 73.4 cm³/mol. The fourth-order valence-electron chi connectivity index (χ4n) is 3.88. The van der Waals surface area contributed by atoms with Crippen molar-refractivity contribution in [3.05, 3.63) is 11.9 Å². The number of anilines is 2. The topological polar surface area (TPSA) is 55.0 Å². The van der Waals surface area contributed by atoms with E-state index in [1.54, 1.807) is 6.33 Å². The molecule has 4 heteroatoms. The summed E-state index contributed by atoms with van der Waals surface area (Å²) >= 11 is 0. The fourth-order valence-corrected chi connectivity index (χ4v) is 3.88. The summed E-state index contributed by atoms with van der Waals surface area (Å²) in [6.45, 7) is 3.11. The van der Waals surface area contributed by atoms with Crippen molar-refractivity contribution in [2.75, 3.05) is 24.2 Å². The Bertz CT molecular complexity index is 445. The molecule has 2 saturated carbocycles. The van der Waals surface area contributed by atoms with Gasteiger partial charge in [-0.3, -0.25) is 0 Å². The van der Waals surface area contributed by atoms with Crippen LogP contribution in [0.4, 0.5) is 11.6 Å². The van der Waals surface area contributed by atoms with Gasteiger partial charge in [0.05, 0.1) is 0 Å². The van der Waals surface area contributed by atoms with Crippen molar-refractivity contribution in [3.63, 3.8) is 0 Å². The maximum absolute atomic E-state index is 5.85. The molecular formula is C14H22N4. The summed E-state index contributed by atoms with van der Waals surface area (Å²) in [5.41, 5.74) is 6.85. The van der Waals surface area contributed by atoms with Crippen molar-refractivity contribution >= 4 is 11.6 Å². The van der Waals surface area contributed by atoms with Crippen molar-refractivity contribution in [2.45, 2.75) is 32.6 Å². The Labute approximate surface area is 109 Å². The second-order valence-electron chi connectivity index (χ2n) is 6.02. The zero-order chi connectivity index (χ0) is 12.7. The highest BCUT2D eigenvalue weighted by Gasteiger charge is 2.39. The van der Waals surface area contributed by atoms with Gasteiger partial charge >= 0.3 is 0 Å². The van der Waals surface area contributed by atoms with E-state index in [1.165, 1.54) is 25.7 Å². The average molecular weight is 246 g/mol. The van der Waals surface area contributed by atoms with Gasteiger partial charge in [-0.25, -0.2) is 9.97 Å². The van der Waals surface area contributed by atoms with Crippen LogP contribution in [0.5, 0.6) is 0 Å². The molecule has 3 atom stereocenters. The third-order valence-corrected chi connectivity index (χ3v) is 4.85. The van der Waals surface area contributed by atoms with Crippen molar-refractivity contribution in [1.82, 2.24) is 9.97 Å². The minimum absolute atomic E-state index is 0.597. The van der Waals surface area contributed by atoms with E-state index in [9.17, 15) is 0 Å². The lowest BCUT2D eigenvalue weighted by molar-refractivity contribution is 0.337. The Balaban J connectivity index is 1.71. The molecule has 2 fully saturated rings. The van der Waals surface area contributed by atoms with Crippen LogP contribution in [0.2, 0.25) is 0 Å². The molecule has 0 saturated heterocycles. The van der Waals surface area contributed by atoms with Crippen molar-refractivity contribution in [2.24, 2.45) is 17.8 Å². The van der Waals surface area contributed by atoms with Crippen LogP contribution >= 0.6 is 0 Å². The molecule has 1 heterocycles. The Hall–Kier alpha value is -1.32. The summed E-state index contributed by atoms with van der Waals surface area (Å²) in [4.78, 5) is 10.7. The van der Waals surface area contributed by atoms with Crippen LogP contribution in [0.1, 0.15) is 31.2 Å². The minimum atomic E-state index is 0.597. The molecule has 98 valence electrons. The first kappa shape index (κ1) is 11.8. The summed E-state index contributed by atoms with van der Waals surface area (Å²) in [7, 11) is 2.13. The molecule has 2 bridgehead atoms. The molecule has 2 aliphatic carbocycles. The lowest BCUT2D eigenvalue weighted by Crippen LogP contribution is -2.30. The van der Waals surface area contributed by atoms with Gasteiger partial charge in [0, 0.05) is 19.2 Å². The van der Waals surface area contributed by atoms with Gasteiger partial charge in [0.1, 0.15) is 18.0 Å². The number of hydrogen-bond acceptors (Lipinski definition) is 4.